The summed E-state index contributed by atoms with van der Waals surface area (Å²) in [6.07, 6.45) is 1.89. The lowest BCUT2D eigenvalue weighted by atomic mass is 9.99. The van der Waals surface area contributed by atoms with E-state index in [0.717, 1.165) is 12.8 Å². The lowest BCUT2D eigenvalue weighted by Gasteiger charge is -2.30. The van der Waals surface area contributed by atoms with Gasteiger partial charge in [0, 0.05) is 25.8 Å². The molecule has 20 heavy (non-hydrogen) atoms. The van der Waals surface area contributed by atoms with E-state index in [1.54, 1.807) is 24.1 Å². The second-order valence-electron chi connectivity index (χ2n) is 5.36. The number of likely N-dealkylation sites (tertiary alicyclic amines) is 1. The van der Waals surface area contributed by atoms with Gasteiger partial charge in [-0.05, 0) is 43.0 Å². The number of benzene rings is 1. The van der Waals surface area contributed by atoms with Crippen molar-refractivity contribution in [1.82, 2.24) is 4.90 Å². The highest BCUT2D eigenvalue weighted by molar-refractivity contribution is 6.40. The Morgan fingerprint density at radius 1 is 1.20 bits per heavy atom. The van der Waals surface area contributed by atoms with Crippen molar-refractivity contribution < 1.29 is 14.7 Å². The predicted molar refractivity (Wildman–Crippen MR) is 76.5 cm³/mol. The summed E-state index contributed by atoms with van der Waals surface area (Å²) in [4.78, 5) is 27.3. The Hall–Kier alpha value is -2.04. The first-order chi connectivity index (χ1) is 9.49. The van der Waals surface area contributed by atoms with Gasteiger partial charge in [-0.1, -0.05) is 6.92 Å². The number of rotatable bonds is 1. The molecular formula is C15H20N2O3. The smallest absolute Gasteiger partial charge is 0.316 e. The molecule has 1 aromatic carbocycles. The normalized spacial score (nSPS) is 16.0. The SMILES string of the molecule is CC1CCN(C(=O)C(=O)N(C)c2ccc(O)cc2)CC1. The van der Waals surface area contributed by atoms with Crippen molar-refractivity contribution in [3.05, 3.63) is 24.3 Å². The van der Waals surface area contributed by atoms with Gasteiger partial charge in [0.15, 0.2) is 0 Å². The molecule has 1 heterocycles. The van der Waals surface area contributed by atoms with Gasteiger partial charge in [-0.15, -0.1) is 0 Å². The average Bonchev–Trinajstić information content (AvgIpc) is 2.46. The van der Waals surface area contributed by atoms with Gasteiger partial charge in [0.2, 0.25) is 0 Å². The third kappa shape index (κ3) is 3.10. The molecule has 0 saturated carbocycles. The zero-order valence-corrected chi connectivity index (χ0v) is 11.9. The number of hydrogen-bond acceptors (Lipinski definition) is 3. The van der Waals surface area contributed by atoms with E-state index in [4.69, 9.17) is 0 Å². The predicted octanol–water partition coefficient (Wildman–Crippen LogP) is 1.61. The fourth-order valence-corrected chi connectivity index (χ4v) is 2.28. The fourth-order valence-electron chi connectivity index (χ4n) is 2.28. The monoisotopic (exact) mass is 276 g/mol. The maximum absolute atomic E-state index is 12.2. The number of phenolic OH excluding ortho intramolecular Hbond substituents is 1. The summed E-state index contributed by atoms with van der Waals surface area (Å²) >= 11 is 0. The van der Waals surface area contributed by atoms with Crippen LogP contribution < -0.4 is 4.90 Å². The minimum Gasteiger partial charge on any atom is -0.508 e. The fraction of sp³-hybridized carbons (Fsp3) is 0.467. The molecule has 5 heteroatoms. The molecule has 0 bridgehead atoms. The molecule has 0 unspecified atom stereocenters. The van der Waals surface area contributed by atoms with Gasteiger partial charge in [-0.3, -0.25) is 9.59 Å². The van der Waals surface area contributed by atoms with Crippen molar-refractivity contribution in [3.63, 3.8) is 0 Å². The molecule has 2 rings (SSSR count). The van der Waals surface area contributed by atoms with Crippen LogP contribution in [0, 0.1) is 5.92 Å². The van der Waals surface area contributed by atoms with Crippen LogP contribution in [-0.4, -0.2) is 42.0 Å². The van der Waals surface area contributed by atoms with Gasteiger partial charge in [0.1, 0.15) is 5.75 Å². The first-order valence-electron chi connectivity index (χ1n) is 6.85. The summed E-state index contributed by atoms with van der Waals surface area (Å²) in [7, 11) is 1.57. The standard InChI is InChI=1S/C15H20N2O3/c1-11-7-9-17(10-8-11)15(20)14(19)16(2)12-3-5-13(18)6-4-12/h3-6,11,18H,7-10H2,1-2H3. The molecule has 2 amide bonds. The van der Waals surface area contributed by atoms with E-state index in [-0.39, 0.29) is 5.75 Å². The number of nitrogens with zero attached hydrogens (tertiary/aromatic N) is 2. The van der Waals surface area contributed by atoms with E-state index in [1.165, 1.54) is 17.0 Å². The molecule has 0 spiro atoms. The van der Waals surface area contributed by atoms with Gasteiger partial charge in [0.25, 0.3) is 0 Å². The van der Waals surface area contributed by atoms with Gasteiger partial charge < -0.3 is 14.9 Å². The Balaban J connectivity index is 2.02. The summed E-state index contributed by atoms with van der Waals surface area (Å²) in [5.74, 6) is -0.243. The van der Waals surface area contributed by atoms with Crippen LogP contribution in [0.3, 0.4) is 0 Å². The molecule has 5 nitrogen and oxygen atoms in total. The zero-order valence-electron chi connectivity index (χ0n) is 11.9. The van der Waals surface area contributed by atoms with Crippen molar-refractivity contribution in [1.29, 1.82) is 0 Å². The number of amides is 2. The van der Waals surface area contributed by atoms with E-state index in [0.29, 0.717) is 24.7 Å². The van der Waals surface area contributed by atoms with Crippen molar-refractivity contribution in [2.24, 2.45) is 5.92 Å². The van der Waals surface area contributed by atoms with Gasteiger partial charge in [-0.2, -0.15) is 0 Å². The molecule has 1 N–H and O–H groups in total. The van der Waals surface area contributed by atoms with Gasteiger partial charge in [0.05, 0.1) is 0 Å². The lowest BCUT2D eigenvalue weighted by molar-refractivity contribution is -0.145. The molecule has 0 radical (unpaired) electrons. The van der Waals surface area contributed by atoms with E-state index in [9.17, 15) is 14.7 Å². The molecule has 0 aromatic heterocycles. The van der Waals surface area contributed by atoms with Crippen LogP contribution in [0.4, 0.5) is 5.69 Å². The van der Waals surface area contributed by atoms with Crippen molar-refractivity contribution in [2.45, 2.75) is 19.8 Å². The molecule has 108 valence electrons. The van der Waals surface area contributed by atoms with Crippen LogP contribution in [0.15, 0.2) is 24.3 Å². The Labute approximate surface area is 118 Å². The zero-order chi connectivity index (χ0) is 14.7. The van der Waals surface area contributed by atoms with E-state index in [1.807, 2.05) is 0 Å². The largest absolute Gasteiger partial charge is 0.508 e. The summed E-state index contributed by atoms with van der Waals surface area (Å²) in [6, 6.07) is 6.20. The number of likely N-dealkylation sites (N-methyl/N-ethyl adjacent to an activating group) is 1. The van der Waals surface area contributed by atoms with E-state index >= 15 is 0 Å². The topological polar surface area (TPSA) is 60.9 Å². The second kappa shape index (κ2) is 5.94. The Morgan fingerprint density at radius 3 is 2.30 bits per heavy atom. The number of carbonyl (C=O) groups is 2. The van der Waals surface area contributed by atoms with Gasteiger partial charge in [-0.25, -0.2) is 0 Å². The maximum atomic E-state index is 12.2. The molecule has 1 fully saturated rings. The highest BCUT2D eigenvalue weighted by atomic mass is 16.3. The van der Waals surface area contributed by atoms with Crippen LogP contribution in [0.1, 0.15) is 19.8 Å². The van der Waals surface area contributed by atoms with Crippen molar-refractivity contribution in [3.8, 4) is 5.75 Å². The Morgan fingerprint density at radius 2 is 1.75 bits per heavy atom. The molecular weight excluding hydrogens is 256 g/mol. The van der Waals surface area contributed by atoms with Gasteiger partial charge >= 0.3 is 11.8 Å². The first kappa shape index (κ1) is 14.4. The van der Waals surface area contributed by atoms with Crippen LogP contribution in [0.2, 0.25) is 0 Å². The first-order valence-corrected chi connectivity index (χ1v) is 6.85. The highest BCUT2D eigenvalue weighted by Gasteiger charge is 2.28. The maximum Gasteiger partial charge on any atom is 0.316 e. The molecule has 1 saturated heterocycles. The third-order valence-electron chi connectivity index (χ3n) is 3.80. The minimum absolute atomic E-state index is 0.131. The highest BCUT2D eigenvalue weighted by Crippen LogP contribution is 2.19. The number of aromatic hydroxyl groups is 1. The van der Waals surface area contributed by atoms with E-state index in [2.05, 4.69) is 6.92 Å². The summed E-state index contributed by atoms with van der Waals surface area (Å²) in [5.41, 5.74) is 0.589. The van der Waals surface area contributed by atoms with Crippen molar-refractivity contribution >= 4 is 17.5 Å². The van der Waals surface area contributed by atoms with E-state index < -0.39 is 11.8 Å². The second-order valence-corrected chi connectivity index (χ2v) is 5.36. The number of piperidine rings is 1. The Kier molecular flexibility index (Phi) is 4.27. The number of hydrogen-bond donors (Lipinski definition) is 1. The quantitative estimate of drug-likeness (QED) is 0.793. The average molecular weight is 276 g/mol. The summed E-state index contributed by atoms with van der Waals surface area (Å²) in [6.45, 7) is 3.45. The van der Waals surface area contributed by atoms with Crippen LogP contribution >= 0.6 is 0 Å². The summed E-state index contributed by atoms with van der Waals surface area (Å²) in [5, 5.41) is 9.24. The number of anilines is 1. The molecule has 0 atom stereocenters. The molecule has 1 aliphatic heterocycles. The number of phenols is 1. The van der Waals surface area contributed by atoms with Crippen LogP contribution in [-0.2, 0) is 9.59 Å². The lowest BCUT2D eigenvalue weighted by Crippen LogP contribution is -2.46. The number of carbonyl (C=O) groups excluding carboxylic acids is 2. The van der Waals surface area contributed by atoms with Crippen LogP contribution in [0.25, 0.3) is 0 Å². The molecule has 0 aliphatic carbocycles. The Bertz CT molecular complexity index is 490. The third-order valence-corrected chi connectivity index (χ3v) is 3.80. The minimum atomic E-state index is -0.537. The van der Waals surface area contributed by atoms with Crippen LogP contribution in [0.5, 0.6) is 5.75 Å². The van der Waals surface area contributed by atoms with Crippen molar-refractivity contribution in [2.75, 3.05) is 25.0 Å². The summed E-state index contributed by atoms with van der Waals surface area (Å²) < 4.78 is 0. The molecule has 1 aromatic rings. The molecule has 1 aliphatic rings.